The molecule has 0 aromatic rings. The molecule has 0 saturated carbocycles. The second kappa shape index (κ2) is 64.4. The minimum absolute atomic E-state index is 0.107. The van der Waals surface area contributed by atoms with E-state index in [1.54, 1.807) is 0 Å². The highest BCUT2D eigenvalue weighted by atomic mass is 31.2. The molecule has 0 aromatic heterocycles. The summed E-state index contributed by atoms with van der Waals surface area (Å²) in [5.74, 6) is -1.38. The van der Waals surface area contributed by atoms with Gasteiger partial charge in [-0.05, 0) is 31.6 Å². The summed E-state index contributed by atoms with van der Waals surface area (Å²) in [6, 6.07) is 0. The predicted octanol–water partition coefficient (Wildman–Crippen LogP) is 20.5. The summed E-state index contributed by atoms with van der Waals surface area (Å²) in [5.41, 5.74) is 0. The van der Waals surface area contributed by atoms with Gasteiger partial charge < -0.3 is 33.8 Å². The number of hydrogen-bond acceptors (Lipinski definition) is 15. The molecule has 0 radical (unpaired) electrons. The number of hydrogen-bond donors (Lipinski definition) is 3. The zero-order chi connectivity index (χ0) is 66.3. The molecule has 0 aromatic carbocycles. The van der Waals surface area contributed by atoms with Crippen molar-refractivity contribution >= 4 is 39.5 Å². The van der Waals surface area contributed by atoms with Crippen molar-refractivity contribution in [2.75, 3.05) is 39.6 Å². The van der Waals surface area contributed by atoms with Crippen molar-refractivity contribution in [1.82, 2.24) is 0 Å². The molecule has 5 atom stereocenters. The second-order valence-electron chi connectivity index (χ2n) is 26.1. The summed E-state index contributed by atoms with van der Waals surface area (Å²) in [6.07, 6.45) is 51.3. The molecule has 534 valence electrons. The van der Waals surface area contributed by atoms with E-state index in [9.17, 15) is 43.2 Å². The summed E-state index contributed by atoms with van der Waals surface area (Å²) in [7, 11) is -9.90. The molecule has 0 aliphatic rings. The summed E-state index contributed by atoms with van der Waals surface area (Å²) in [4.78, 5) is 72.5. The molecular weight excluding hydrogens is 1190 g/mol. The third-order valence-corrected chi connectivity index (χ3v) is 18.4. The lowest BCUT2D eigenvalue weighted by molar-refractivity contribution is -0.161. The summed E-state index contributed by atoms with van der Waals surface area (Å²) in [6.45, 7) is 7.23. The van der Waals surface area contributed by atoms with Gasteiger partial charge in [0.25, 0.3) is 0 Å². The van der Waals surface area contributed by atoms with Crippen LogP contribution in [0.5, 0.6) is 0 Å². The smallest absolute Gasteiger partial charge is 0.462 e. The number of ether oxygens (including phenoxy) is 4. The number of esters is 4. The van der Waals surface area contributed by atoms with Crippen molar-refractivity contribution in [1.29, 1.82) is 0 Å². The van der Waals surface area contributed by atoms with Gasteiger partial charge >= 0.3 is 39.5 Å². The number of aliphatic hydroxyl groups is 1. The number of phosphoric ester groups is 2. The molecule has 90 heavy (non-hydrogen) atoms. The van der Waals surface area contributed by atoms with Gasteiger partial charge in [-0.15, -0.1) is 0 Å². The van der Waals surface area contributed by atoms with Crippen LogP contribution in [0.1, 0.15) is 369 Å². The van der Waals surface area contributed by atoms with Crippen LogP contribution < -0.4 is 0 Å². The number of aliphatic hydroxyl groups excluding tert-OH is 1. The number of unbranched alkanes of at least 4 members (excludes halogenated alkanes) is 43. The normalized spacial score (nSPS) is 14.1. The predicted molar refractivity (Wildman–Crippen MR) is 363 cm³/mol. The Labute approximate surface area is 549 Å². The molecule has 17 nitrogen and oxygen atoms in total. The molecule has 0 fully saturated rings. The standard InChI is InChI=1S/C71H138O17P2/c1-6-9-12-15-18-21-23-25-26-27-28-29-31-36-42-47-52-57-71(76)88-67(61-82-69(74)55-50-45-40-37-32-34-38-43-48-53-64(4)5)63-86-90(79,80)84-59-65(72)58-83-89(77,78)85-62-66(60-81-68(73)54-49-44-39-33-20-17-14-11-8-3)87-70(75)56-51-46-41-35-30-24-22-19-16-13-10-7-2/h64-67,72H,6-63H2,1-5H3,(H,77,78)(H,79,80)/t65-,66+,67+/m0/s1. The van der Waals surface area contributed by atoms with Crippen LogP contribution in [0.25, 0.3) is 0 Å². The maximum atomic E-state index is 13.0. The average molecular weight is 1330 g/mol. The third kappa shape index (κ3) is 64.8. The SMILES string of the molecule is CCCCCCCCCCCCCCCCCCCC(=O)O[C@H](COC(=O)CCCCCCCCCCCC(C)C)COP(=O)(O)OC[C@@H](O)COP(=O)(O)OC[C@@H](COC(=O)CCCCCCCCCCC)OC(=O)CCCCCCCCCCCCCC. The molecule has 0 bridgehead atoms. The topological polar surface area (TPSA) is 237 Å². The second-order valence-corrected chi connectivity index (χ2v) is 29.0. The van der Waals surface area contributed by atoms with Gasteiger partial charge in [0, 0.05) is 25.7 Å². The fourth-order valence-corrected chi connectivity index (χ4v) is 12.4. The molecule has 0 rings (SSSR count). The Morgan fingerprint density at radius 2 is 0.511 bits per heavy atom. The fourth-order valence-electron chi connectivity index (χ4n) is 10.8. The lowest BCUT2D eigenvalue weighted by atomic mass is 10.0. The number of carbonyl (C=O) groups excluding carboxylic acids is 4. The van der Waals surface area contributed by atoms with E-state index in [4.69, 9.17) is 37.0 Å². The van der Waals surface area contributed by atoms with E-state index in [-0.39, 0.29) is 25.7 Å². The van der Waals surface area contributed by atoms with Crippen LogP contribution in [0.4, 0.5) is 0 Å². The molecule has 3 N–H and O–H groups in total. The van der Waals surface area contributed by atoms with Gasteiger partial charge in [-0.2, -0.15) is 0 Å². The zero-order valence-corrected chi connectivity index (χ0v) is 60.1. The van der Waals surface area contributed by atoms with Gasteiger partial charge in [0.15, 0.2) is 12.2 Å². The van der Waals surface area contributed by atoms with Crippen LogP contribution in [0.3, 0.4) is 0 Å². The first-order chi connectivity index (χ1) is 43.5. The lowest BCUT2D eigenvalue weighted by Gasteiger charge is -2.21. The largest absolute Gasteiger partial charge is 0.472 e. The van der Waals surface area contributed by atoms with E-state index >= 15 is 0 Å². The number of carbonyl (C=O) groups is 4. The summed E-state index contributed by atoms with van der Waals surface area (Å²) < 4.78 is 68.3. The number of rotatable bonds is 71. The fraction of sp³-hybridized carbons (Fsp3) is 0.944. The summed E-state index contributed by atoms with van der Waals surface area (Å²) in [5, 5.41) is 10.6. The van der Waals surface area contributed by atoms with Crippen LogP contribution in [-0.4, -0.2) is 96.7 Å². The van der Waals surface area contributed by atoms with Crippen molar-refractivity contribution in [3.8, 4) is 0 Å². The van der Waals surface area contributed by atoms with Crippen molar-refractivity contribution in [2.24, 2.45) is 5.92 Å². The van der Waals surface area contributed by atoms with Crippen LogP contribution >= 0.6 is 15.6 Å². The molecule has 0 aliphatic carbocycles. The van der Waals surface area contributed by atoms with E-state index in [0.29, 0.717) is 25.7 Å². The molecule has 19 heteroatoms. The first-order valence-electron chi connectivity index (χ1n) is 37.1. The van der Waals surface area contributed by atoms with E-state index in [0.717, 1.165) is 95.8 Å². The van der Waals surface area contributed by atoms with Crippen LogP contribution in [-0.2, 0) is 65.4 Å². The van der Waals surface area contributed by atoms with E-state index in [1.165, 1.54) is 193 Å². The Kier molecular flexibility index (Phi) is 63.0. The van der Waals surface area contributed by atoms with Gasteiger partial charge in [-0.3, -0.25) is 37.3 Å². The Balaban J connectivity index is 5.22. The average Bonchev–Trinajstić information content (AvgIpc) is 3.57. The van der Waals surface area contributed by atoms with Gasteiger partial charge in [0.2, 0.25) is 0 Å². The third-order valence-electron chi connectivity index (χ3n) is 16.5. The Bertz CT molecular complexity index is 1740. The van der Waals surface area contributed by atoms with Crippen molar-refractivity contribution in [3.05, 3.63) is 0 Å². The van der Waals surface area contributed by atoms with Crippen LogP contribution in [0, 0.1) is 5.92 Å². The molecule has 0 amide bonds. The molecular formula is C71H138O17P2. The van der Waals surface area contributed by atoms with Crippen LogP contribution in [0.2, 0.25) is 0 Å². The Hall–Kier alpha value is -1.94. The highest BCUT2D eigenvalue weighted by Gasteiger charge is 2.30. The minimum Gasteiger partial charge on any atom is -0.462 e. The van der Waals surface area contributed by atoms with Gasteiger partial charge in [0.05, 0.1) is 26.4 Å². The first kappa shape index (κ1) is 88.1. The molecule has 2 unspecified atom stereocenters. The molecule has 0 aliphatic heterocycles. The van der Waals surface area contributed by atoms with Crippen molar-refractivity contribution in [3.63, 3.8) is 0 Å². The lowest BCUT2D eigenvalue weighted by Crippen LogP contribution is -2.30. The van der Waals surface area contributed by atoms with E-state index in [1.807, 2.05) is 0 Å². The van der Waals surface area contributed by atoms with E-state index in [2.05, 4.69) is 34.6 Å². The van der Waals surface area contributed by atoms with Gasteiger partial charge in [-0.1, -0.05) is 317 Å². The van der Waals surface area contributed by atoms with Crippen molar-refractivity contribution in [2.45, 2.75) is 387 Å². The van der Waals surface area contributed by atoms with Gasteiger partial charge in [0.1, 0.15) is 19.3 Å². The highest BCUT2D eigenvalue weighted by molar-refractivity contribution is 7.47. The zero-order valence-electron chi connectivity index (χ0n) is 58.3. The van der Waals surface area contributed by atoms with Crippen molar-refractivity contribution < 1.29 is 80.2 Å². The Morgan fingerprint density at radius 3 is 0.756 bits per heavy atom. The minimum atomic E-state index is -4.95. The summed E-state index contributed by atoms with van der Waals surface area (Å²) >= 11 is 0. The maximum absolute atomic E-state index is 13.0. The monoisotopic (exact) mass is 1320 g/mol. The molecule has 0 saturated heterocycles. The van der Waals surface area contributed by atoms with Crippen LogP contribution in [0.15, 0.2) is 0 Å². The van der Waals surface area contributed by atoms with E-state index < -0.39 is 97.5 Å². The molecule has 0 heterocycles. The highest BCUT2D eigenvalue weighted by Crippen LogP contribution is 2.45. The first-order valence-corrected chi connectivity index (χ1v) is 40.1. The quantitative estimate of drug-likeness (QED) is 0.0222. The number of phosphoric acid groups is 2. The van der Waals surface area contributed by atoms with Gasteiger partial charge in [-0.25, -0.2) is 9.13 Å². The Morgan fingerprint density at radius 1 is 0.300 bits per heavy atom. The maximum Gasteiger partial charge on any atom is 0.472 e. The molecule has 0 spiro atoms.